The summed E-state index contributed by atoms with van der Waals surface area (Å²) >= 11 is 0. The number of non-ortho nitro benzene ring substituents is 1. The summed E-state index contributed by atoms with van der Waals surface area (Å²) in [5, 5.41) is 16.3. The van der Waals surface area contributed by atoms with E-state index < -0.39 is 4.92 Å². The zero-order valence-electron chi connectivity index (χ0n) is 13.6. The molecule has 2 aromatic rings. The smallest absolute Gasteiger partial charge is 0.319 e. The normalized spacial score (nSPS) is 19.8. The van der Waals surface area contributed by atoms with Crippen LogP contribution < -0.4 is 10.6 Å². The van der Waals surface area contributed by atoms with Gasteiger partial charge in [-0.15, -0.1) is 0 Å². The van der Waals surface area contributed by atoms with Crippen molar-refractivity contribution in [3.05, 3.63) is 70.3 Å². The Balaban J connectivity index is 1.57. The molecule has 1 heterocycles. The molecule has 0 saturated carbocycles. The van der Waals surface area contributed by atoms with Crippen LogP contribution in [0.25, 0.3) is 0 Å². The molecule has 7 heteroatoms. The van der Waals surface area contributed by atoms with Crippen LogP contribution in [0.5, 0.6) is 0 Å². The van der Waals surface area contributed by atoms with Crippen LogP contribution in [-0.4, -0.2) is 23.6 Å². The molecule has 1 aliphatic heterocycles. The molecule has 1 saturated heterocycles. The number of amides is 2. The fourth-order valence-corrected chi connectivity index (χ4v) is 2.88. The van der Waals surface area contributed by atoms with Crippen LogP contribution in [0.15, 0.2) is 54.6 Å². The number of nitro benzene ring substituents is 1. The number of hydrogen-bond donors (Lipinski definition) is 2. The molecule has 7 nitrogen and oxygen atoms in total. The fraction of sp³-hybridized carbons (Fsp3) is 0.278. The molecule has 0 bridgehead atoms. The van der Waals surface area contributed by atoms with Crippen LogP contribution in [0.4, 0.5) is 16.2 Å². The maximum atomic E-state index is 12.2. The van der Waals surface area contributed by atoms with E-state index in [1.165, 1.54) is 18.2 Å². The number of anilines is 1. The summed E-state index contributed by atoms with van der Waals surface area (Å²) in [6.07, 6.45) is 1.37. The molecule has 2 N–H and O–H groups in total. The van der Waals surface area contributed by atoms with E-state index in [1.807, 2.05) is 30.3 Å². The Kier molecular flexibility index (Phi) is 5.25. The van der Waals surface area contributed by atoms with Crippen molar-refractivity contribution in [2.24, 2.45) is 0 Å². The first-order chi connectivity index (χ1) is 12.1. The van der Waals surface area contributed by atoms with Gasteiger partial charge < -0.3 is 15.4 Å². The number of nitrogens with zero attached hydrogens (tertiary/aromatic N) is 1. The van der Waals surface area contributed by atoms with Gasteiger partial charge in [-0.25, -0.2) is 4.79 Å². The number of benzene rings is 2. The molecule has 25 heavy (non-hydrogen) atoms. The van der Waals surface area contributed by atoms with Crippen LogP contribution in [0, 0.1) is 10.1 Å². The second-order valence-corrected chi connectivity index (χ2v) is 5.90. The van der Waals surface area contributed by atoms with Gasteiger partial charge in [0.2, 0.25) is 0 Å². The van der Waals surface area contributed by atoms with Crippen molar-refractivity contribution < 1.29 is 14.5 Å². The van der Waals surface area contributed by atoms with Crippen LogP contribution in [0.3, 0.4) is 0 Å². The first kappa shape index (κ1) is 16.9. The van der Waals surface area contributed by atoms with Crippen LogP contribution in [0.1, 0.15) is 24.5 Å². The van der Waals surface area contributed by atoms with E-state index in [1.54, 1.807) is 6.07 Å². The average molecular weight is 341 g/mol. The van der Waals surface area contributed by atoms with Crippen molar-refractivity contribution >= 4 is 17.4 Å². The van der Waals surface area contributed by atoms with E-state index in [-0.39, 0.29) is 23.9 Å². The number of carbonyl (C=O) groups is 1. The SMILES string of the molecule is O=C(Nc1cccc([N+](=O)[O-])c1)N[C@H]1CCO[C@H](c2ccccc2)C1. The van der Waals surface area contributed by atoms with Gasteiger partial charge >= 0.3 is 6.03 Å². The van der Waals surface area contributed by atoms with Crippen LogP contribution >= 0.6 is 0 Å². The van der Waals surface area contributed by atoms with Crippen LogP contribution in [-0.2, 0) is 4.74 Å². The first-order valence-corrected chi connectivity index (χ1v) is 8.10. The Morgan fingerprint density at radius 1 is 1.16 bits per heavy atom. The zero-order chi connectivity index (χ0) is 17.6. The Bertz CT molecular complexity index is 751. The highest BCUT2D eigenvalue weighted by Gasteiger charge is 2.25. The number of rotatable bonds is 4. The van der Waals surface area contributed by atoms with Gasteiger partial charge in [0.05, 0.1) is 11.0 Å². The molecule has 0 radical (unpaired) electrons. The zero-order valence-corrected chi connectivity index (χ0v) is 13.6. The minimum atomic E-state index is -0.494. The van der Waals surface area contributed by atoms with E-state index in [2.05, 4.69) is 10.6 Å². The first-order valence-electron chi connectivity index (χ1n) is 8.10. The van der Waals surface area contributed by atoms with Crippen molar-refractivity contribution in [2.45, 2.75) is 25.0 Å². The molecular formula is C18H19N3O4. The maximum Gasteiger partial charge on any atom is 0.319 e. The van der Waals surface area contributed by atoms with Crippen molar-refractivity contribution in [1.82, 2.24) is 5.32 Å². The predicted octanol–water partition coefficient (Wildman–Crippen LogP) is 3.64. The largest absolute Gasteiger partial charge is 0.373 e. The minimum absolute atomic E-state index is 0.0161. The number of nitro groups is 1. The summed E-state index contributed by atoms with van der Waals surface area (Å²) in [7, 11) is 0. The second-order valence-electron chi connectivity index (χ2n) is 5.90. The number of carbonyl (C=O) groups excluding carboxylic acids is 1. The van der Waals surface area contributed by atoms with E-state index in [4.69, 9.17) is 4.74 Å². The molecule has 2 aromatic carbocycles. The monoisotopic (exact) mass is 341 g/mol. The predicted molar refractivity (Wildman–Crippen MR) is 93.4 cm³/mol. The molecule has 1 fully saturated rings. The van der Waals surface area contributed by atoms with Crippen molar-refractivity contribution in [1.29, 1.82) is 0 Å². The summed E-state index contributed by atoms with van der Waals surface area (Å²) in [4.78, 5) is 22.5. The van der Waals surface area contributed by atoms with Crippen molar-refractivity contribution in [3.63, 3.8) is 0 Å². The minimum Gasteiger partial charge on any atom is -0.373 e. The summed E-state index contributed by atoms with van der Waals surface area (Å²) in [5.74, 6) is 0. The van der Waals surface area contributed by atoms with Gasteiger partial charge in [-0.2, -0.15) is 0 Å². The summed E-state index contributed by atoms with van der Waals surface area (Å²) in [6, 6.07) is 15.4. The highest BCUT2D eigenvalue weighted by molar-refractivity contribution is 5.89. The van der Waals surface area contributed by atoms with E-state index in [9.17, 15) is 14.9 Å². The molecule has 1 aliphatic rings. The lowest BCUT2D eigenvalue weighted by molar-refractivity contribution is -0.384. The lowest BCUT2D eigenvalue weighted by Gasteiger charge is -2.30. The van der Waals surface area contributed by atoms with E-state index in [0.717, 1.165) is 12.0 Å². The van der Waals surface area contributed by atoms with Gasteiger partial charge in [0.1, 0.15) is 0 Å². The summed E-state index contributed by atoms with van der Waals surface area (Å²) < 4.78 is 5.79. The van der Waals surface area contributed by atoms with Gasteiger partial charge in [-0.3, -0.25) is 10.1 Å². The van der Waals surface area contributed by atoms with Gasteiger partial charge in [0.15, 0.2) is 0 Å². The molecule has 2 atom stereocenters. The molecule has 0 unspecified atom stereocenters. The van der Waals surface area contributed by atoms with Crippen LogP contribution in [0.2, 0.25) is 0 Å². The molecule has 0 aliphatic carbocycles. The fourth-order valence-electron chi connectivity index (χ4n) is 2.88. The Morgan fingerprint density at radius 3 is 2.72 bits per heavy atom. The number of ether oxygens (including phenoxy) is 1. The Hall–Kier alpha value is -2.93. The highest BCUT2D eigenvalue weighted by Crippen LogP contribution is 2.28. The van der Waals surface area contributed by atoms with Crippen molar-refractivity contribution in [2.75, 3.05) is 11.9 Å². The standard InChI is InChI=1S/C18H19N3O4/c22-18(19-14-7-4-8-16(11-14)21(23)24)20-15-9-10-25-17(12-15)13-5-2-1-3-6-13/h1-8,11,15,17H,9-10,12H2,(H2,19,20,22)/t15-,17-/m0/s1. The summed E-state index contributed by atoms with van der Waals surface area (Å²) in [6.45, 7) is 0.571. The topological polar surface area (TPSA) is 93.5 Å². The maximum absolute atomic E-state index is 12.2. The van der Waals surface area contributed by atoms with Crippen molar-refractivity contribution in [3.8, 4) is 0 Å². The molecule has 3 rings (SSSR count). The molecule has 2 amide bonds. The number of urea groups is 1. The Labute approximate surface area is 145 Å². The third kappa shape index (κ3) is 4.54. The van der Waals surface area contributed by atoms with Gasteiger partial charge in [0, 0.05) is 30.5 Å². The van der Waals surface area contributed by atoms with Gasteiger partial charge in [-0.05, 0) is 24.5 Å². The van der Waals surface area contributed by atoms with Gasteiger partial charge in [0.25, 0.3) is 5.69 Å². The van der Waals surface area contributed by atoms with Gasteiger partial charge in [-0.1, -0.05) is 36.4 Å². The van der Waals surface area contributed by atoms with E-state index >= 15 is 0 Å². The highest BCUT2D eigenvalue weighted by atomic mass is 16.6. The molecule has 130 valence electrons. The lowest BCUT2D eigenvalue weighted by Crippen LogP contribution is -2.42. The van der Waals surface area contributed by atoms with E-state index in [0.29, 0.717) is 18.7 Å². The third-order valence-electron chi connectivity index (χ3n) is 4.11. The Morgan fingerprint density at radius 2 is 1.96 bits per heavy atom. The average Bonchev–Trinajstić information content (AvgIpc) is 2.63. The second kappa shape index (κ2) is 7.76. The third-order valence-corrected chi connectivity index (χ3v) is 4.11. The molecule has 0 aromatic heterocycles. The quantitative estimate of drug-likeness (QED) is 0.656. The summed E-state index contributed by atoms with van der Waals surface area (Å²) in [5.41, 5.74) is 1.42. The lowest BCUT2D eigenvalue weighted by atomic mass is 9.97. The molecule has 0 spiro atoms. The number of hydrogen-bond acceptors (Lipinski definition) is 4. The molecular weight excluding hydrogens is 322 g/mol. The number of nitrogens with one attached hydrogen (secondary N) is 2.